The normalized spacial score (nSPS) is 46.4. The minimum Gasteiger partial charge on any atom is -0.469 e. The van der Waals surface area contributed by atoms with Crippen LogP contribution in [0.25, 0.3) is 0 Å². The molecule has 1 N–H and O–H groups in total. The molecule has 10 atom stereocenters. The molecule has 4 aliphatic rings. The van der Waals surface area contributed by atoms with Gasteiger partial charge in [0.05, 0.1) is 13.2 Å². The Morgan fingerprint density at radius 1 is 1.06 bits per heavy atom. The number of methoxy groups -OCH3 is 1. The minimum atomic E-state index is -0.169. The van der Waals surface area contributed by atoms with Crippen LogP contribution in [0.3, 0.4) is 0 Å². The zero-order chi connectivity index (χ0) is 23.3. The van der Waals surface area contributed by atoms with Gasteiger partial charge < -0.3 is 14.6 Å². The van der Waals surface area contributed by atoms with Gasteiger partial charge in [-0.3, -0.25) is 9.59 Å². The van der Waals surface area contributed by atoms with E-state index in [1.54, 1.807) is 6.92 Å². The molecule has 0 heterocycles. The number of aliphatic hydroxyl groups is 1. The highest BCUT2D eigenvalue weighted by molar-refractivity contribution is 5.69. The van der Waals surface area contributed by atoms with Gasteiger partial charge in [0, 0.05) is 18.8 Å². The molecular formula is C27H44O5. The van der Waals surface area contributed by atoms with Gasteiger partial charge >= 0.3 is 11.9 Å². The lowest BCUT2D eigenvalue weighted by Crippen LogP contribution is -2.59. The third kappa shape index (κ3) is 3.91. The monoisotopic (exact) mass is 448 g/mol. The second-order valence-corrected chi connectivity index (χ2v) is 12.1. The van der Waals surface area contributed by atoms with Crippen LogP contribution in [0.5, 0.6) is 0 Å². The fraction of sp³-hybridized carbons (Fsp3) is 0.926. The van der Waals surface area contributed by atoms with Crippen molar-refractivity contribution in [1.29, 1.82) is 0 Å². The lowest BCUT2D eigenvalue weighted by Gasteiger charge is -2.62. The second kappa shape index (κ2) is 8.92. The SMILES string of the molecule is COC(=O)CC[C@@H](C)[C@H]1CC[C@H]2[C@@H]3CC[C@@H]4C[C@H](O)CC[C@]4(C)[C@H]3C[C@H](OC(C)=O)[C@]12C. The highest BCUT2D eigenvalue weighted by Crippen LogP contribution is 2.68. The van der Waals surface area contributed by atoms with Gasteiger partial charge in [-0.25, -0.2) is 0 Å². The third-order valence-electron chi connectivity index (χ3n) is 10.8. The van der Waals surface area contributed by atoms with Gasteiger partial charge in [0.1, 0.15) is 6.10 Å². The molecule has 4 saturated carbocycles. The Kier molecular flexibility index (Phi) is 6.70. The van der Waals surface area contributed by atoms with Crippen molar-refractivity contribution in [3.05, 3.63) is 0 Å². The van der Waals surface area contributed by atoms with Crippen LogP contribution in [0.15, 0.2) is 0 Å². The van der Waals surface area contributed by atoms with Gasteiger partial charge in [0.2, 0.25) is 0 Å². The van der Waals surface area contributed by atoms with Crippen molar-refractivity contribution in [3.8, 4) is 0 Å². The molecule has 0 radical (unpaired) electrons. The maximum atomic E-state index is 12.2. The van der Waals surface area contributed by atoms with Gasteiger partial charge in [-0.15, -0.1) is 0 Å². The number of carbonyl (C=O) groups excluding carboxylic acids is 2. The van der Waals surface area contributed by atoms with E-state index in [0.717, 1.165) is 38.5 Å². The summed E-state index contributed by atoms with van der Waals surface area (Å²) < 4.78 is 11.0. The first-order valence-electron chi connectivity index (χ1n) is 13.0. The first-order chi connectivity index (χ1) is 15.1. The summed E-state index contributed by atoms with van der Waals surface area (Å²) in [6, 6.07) is 0. The number of esters is 2. The van der Waals surface area contributed by atoms with E-state index in [9.17, 15) is 14.7 Å². The lowest BCUT2D eigenvalue weighted by atomic mass is 9.43. The predicted octanol–water partition coefficient (Wildman–Crippen LogP) is 5.14. The Hall–Kier alpha value is -1.10. The van der Waals surface area contributed by atoms with Crippen LogP contribution in [-0.2, 0) is 19.1 Å². The molecule has 5 nitrogen and oxygen atoms in total. The van der Waals surface area contributed by atoms with E-state index < -0.39 is 0 Å². The van der Waals surface area contributed by atoms with Crippen molar-refractivity contribution >= 4 is 11.9 Å². The Labute approximate surface area is 194 Å². The fourth-order valence-corrected chi connectivity index (χ4v) is 9.16. The molecule has 0 aliphatic heterocycles. The number of hydrogen-bond donors (Lipinski definition) is 1. The molecule has 182 valence electrons. The predicted molar refractivity (Wildman–Crippen MR) is 123 cm³/mol. The number of hydrogen-bond acceptors (Lipinski definition) is 5. The van der Waals surface area contributed by atoms with Crippen molar-refractivity contribution < 1.29 is 24.2 Å². The summed E-state index contributed by atoms with van der Waals surface area (Å²) in [5, 5.41) is 10.3. The topological polar surface area (TPSA) is 72.8 Å². The van der Waals surface area contributed by atoms with Crippen LogP contribution < -0.4 is 0 Å². The molecule has 32 heavy (non-hydrogen) atoms. The molecule has 0 saturated heterocycles. The summed E-state index contributed by atoms with van der Waals surface area (Å²) in [5.41, 5.74) is 0.218. The number of fused-ring (bicyclic) bond motifs is 5. The molecular weight excluding hydrogens is 404 g/mol. The van der Waals surface area contributed by atoms with Crippen LogP contribution in [-0.4, -0.2) is 36.4 Å². The molecule has 5 heteroatoms. The van der Waals surface area contributed by atoms with Gasteiger partial charge in [0.25, 0.3) is 0 Å². The summed E-state index contributed by atoms with van der Waals surface area (Å²) in [7, 11) is 1.46. The Morgan fingerprint density at radius 3 is 2.50 bits per heavy atom. The number of aliphatic hydroxyl groups excluding tert-OH is 1. The van der Waals surface area contributed by atoms with Crippen molar-refractivity contribution in [2.75, 3.05) is 7.11 Å². The summed E-state index contributed by atoms with van der Waals surface area (Å²) in [4.78, 5) is 24.0. The molecule has 4 fully saturated rings. The summed E-state index contributed by atoms with van der Waals surface area (Å²) >= 11 is 0. The molecule has 0 spiro atoms. The first kappa shape index (κ1) is 24.0. The average Bonchev–Trinajstić information content (AvgIpc) is 3.11. The molecule has 4 rings (SSSR count). The number of ether oxygens (including phenoxy) is 2. The molecule has 0 unspecified atom stereocenters. The van der Waals surface area contributed by atoms with Crippen LogP contribution in [0.4, 0.5) is 0 Å². The molecule has 0 aromatic heterocycles. The zero-order valence-electron chi connectivity index (χ0n) is 20.8. The fourth-order valence-electron chi connectivity index (χ4n) is 9.16. The van der Waals surface area contributed by atoms with Crippen LogP contribution in [0.2, 0.25) is 0 Å². The average molecular weight is 449 g/mol. The van der Waals surface area contributed by atoms with Crippen molar-refractivity contribution in [1.82, 2.24) is 0 Å². The first-order valence-corrected chi connectivity index (χ1v) is 13.0. The number of carbonyl (C=O) groups is 2. The van der Waals surface area contributed by atoms with Crippen LogP contribution >= 0.6 is 0 Å². The van der Waals surface area contributed by atoms with E-state index in [1.165, 1.54) is 26.4 Å². The van der Waals surface area contributed by atoms with E-state index in [4.69, 9.17) is 9.47 Å². The van der Waals surface area contributed by atoms with Crippen LogP contribution in [0.1, 0.15) is 91.9 Å². The van der Waals surface area contributed by atoms with Gasteiger partial charge in [-0.1, -0.05) is 20.8 Å². The Morgan fingerprint density at radius 2 is 1.81 bits per heavy atom. The standard InChI is InChI=1S/C27H44O5/c1-16(6-11-25(30)31-5)21-9-10-22-20-8-7-18-14-19(29)12-13-26(18,3)23(20)15-24(27(21,22)4)32-17(2)28/h16,18-24,29H,6-15H2,1-5H3/t16-,18-,19-,20+,21-,22+,23+,24+,26+,27-/m1/s1. The summed E-state index contributed by atoms with van der Waals surface area (Å²) in [6.45, 7) is 8.70. The highest BCUT2D eigenvalue weighted by Gasteiger charge is 2.64. The van der Waals surface area contributed by atoms with E-state index in [1.807, 2.05) is 0 Å². The highest BCUT2D eigenvalue weighted by atomic mass is 16.5. The van der Waals surface area contributed by atoms with Gasteiger partial charge in [0.15, 0.2) is 0 Å². The maximum Gasteiger partial charge on any atom is 0.305 e. The smallest absolute Gasteiger partial charge is 0.305 e. The number of rotatable bonds is 5. The van der Waals surface area contributed by atoms with Crippen molar-refractivity contribution in [2.45, 2.75) is 104 Å². The lowest BCUT2D eigenvalue weighted by molar-refractivity contribution is -0.196. The van der Waals surface area contributed by atoms with E-state index >= 15 is 0 Å². The Balaban J connectivity index is 1.62. The van der Waals surface area contributed by atoms with Crippen molar-refractivity contribution in [3.63, 3.8) is 0 Å². The maximum absolute atomic E-state index is 12.2. The summed E-state index contributed by atoms with van der Waals surface area (Å²) in [5.74, 6) is 2.96. The quantitative estimate of drug-likeness (QED) is 0.590. The van der Waals surface area contributed by atoms with Crippen molar-refractivity contribution in [2.24, 2.45) is 46.3 Å². The molecule has 0 bridgehead atoms. The van der Waals surface area contributed by atoms with Crippen LogP contribution in [0, 0.1) is 46.3 Å². The second-order valence-electron chi connectivity index (χ2n) is 12.1. The summed E-state index contributed by atoms with van der Waals surface area (Å²) in [6.07, 6.45) is 9.81. The van der Waals surface area contributed by atoms with E-state index in [0.29, 0.717) is 41.9 Å². The van der Waals surface area contributed by atoms with E-state index in [2.05, 4.69) is 20.8 Å². The molecule has 0 amide bonds. The minimum absolute atomic E-state index is 0.0280. The Bertz CT molecular complexity index is 721. The zero-order valence-corrected chi connectivity index (χ0v) is 20.8. The largest absolute Gasteiger partial charge is 0.469 e. The van der Waals surface area contributed by atoms with E-state index in [-0.39, 0.29) is 35.0 Å². The third-order valence-corrected chi connectivity index (χ3v) is 10.8. The van der Waals surface area contributed by atoms with Gasteiger partial charge in [-0.05, 0) is 98.7 Å². The molecule has 4 aliphatic carbocycles. The molecule has 0 aromatic carbocycles. The van der Waals surface area contributed by atoms with Gasteiger partial charge in [-0.2, -0.15) is 0 Å². The molecule has 0 aromatic rings.